The number of rotatable bonds is 3. The molecule has 7 N–H and O–H groups in total. The molecule has 0 atom stereocenters. The summed E-state index contributed by atoms with van der Waals surface area (Å²) in [5.41, 5.74) is 13.9. The number of hydrogen-bond acceptors (Lipinski definition) is 6. The third kappa shape index (κ3) is 3.83. The van der Waals surface area contributed by atoms with Gasteiger partial charge in [-0.25, -0.2) is 23.4 Å². The van der Waals surface area contributed by atoms with E-state index in [1.165, 1.54) is 16.6 Å². The van der Waals surface area contributed by atoms with Crippen molar-refractivity contribution in [3.8, 4) is 6.07 Å². The van der Waals surface area contributed by atoms with E-state index >= 15 is 0 Å². The Hall–Kier alpha value is -5.29. The lowest BCUT2D eigenvalue weighted by atomic mass is 9.75. The van der Waals surface area contributed by atoms with Gasteiger partial charge >= 0.3 is 0 Å². The topological polar surface area (TPSA) is 188 Å². The first-order valence-electron chi connectivity index (χ1n) is 12.3. The number of amides is 2. The molecule has 0 radical (unpaired) electrons. The fourth-order valence-electron chi connectivity index (χ4n) is 5.32. The molecule has 2 aromatic carbocycles. The maximum Gasteiger partial charge on any atom is 0.251 e. The van der Waals surface area contributed by atoms with Crippen molar-refractivity contribution in [1.82, 2.24) is 34.5 Å². The summed E-state index contributed by atoms with van der Waals surface area (Å²) < 4.78 is 29.8. The number of nitriles is 1. The summed E-state index contributed by atoms with van der Waals surface area (Å²) in [5.74, 6) is -2.38. The van der Waals surface area contributed by atoms with Gasteiger partial charge in [0, 0.05) is 23.9 Å². The zero-order valence-corrected chi connectivity index (χ0v) is 20.8. The summed E-state index contributed by atoms with van der Waals surface area (Å²) in [6, 6.07) is 11.0. The minimum absolute atomic E-state index is 0.0576. The number of nitrogens with one attached hydrogen (secondary N) is 3. The third-order valence-corrected chi connectivity index (χ3v) is 7.19. The predicted octanol–water partition coefficient (Wildman–Crippen LogP) is 2.25. The van der Waals surface area contributed by atoms with Crippen LogP contribution in [0, 0.1) is 23.1 Å². The van der Waals surface area contributed by atoms with E-state index in [0.717, 1.165) is 24.7 Å². The number of aromatic nitrogens is 6. The van der Waals surface area contributed by atoms with Crippen molar-refractivity contribution in [1.29, 1.82) is 5.26 Å². The van der Waals surface area contributed by atoms with E-state index in [1.54, 1.807) is 28.9 Å². The second-order valence-electron chi connectivity index (χ2n) is 9.53. The second-order valence-corrected chi connectivity index (χ2v) is 9.53. The maximum absolute atomic E-state index is 13.8. The average molecular weight is 545 g/mol. The average Bonchev–Trinajstić information content (AvgIpc) is 3.67. The summed E-state index contributed by atoms with van der Waals surface area (Å²) in [7, 11) is 0. The molecule has 6 aromatic rings. The molecule has 0 bridgehead atoms. The van der Waals surface area contributed by atoms with Crippen molar-refractivity contribution in [3.63, 3.8) is 0 Å². The predicted molar refractivity (Wildman–Crippen MR) is 140 cm³/mol. The molecule has 202 valence electrons. The van der Waals surface area contributed by atoms with E-state index in [1.807, 2.05) is 0 Å². The van der Waals surface area contributed by atoms with Gasteiger partial charge in [-0.3, -0.25) is 19.8 Å². The summed E-state index contributed by atoms with van der Waals surface area (Å²) >= 11 is 0. The number of nitrogens with zero attached hydrogens (tertiary/aromatic N) is 5. The lowest BCUT2D eigenvalue weighted by Crippen LogP contribution is -2.38. The Labute approximate surface area is 223 Å². The second kappa shape index (κ2) is 9.17. The van der Waals surface area contributed by atoms with Crippen LogP contribution in [0.4, 0.5) is 8.78 Å². The highest BCUT2D eigenvalue weighted by Gasteiger charge is 2.37. The molecule has 1 aliphatic heterocycles. The van der Waals surface area contributed by atoms with Crippen molar-refractivity contribution >= 4 is 45.2 Å². The largest absolute Gasteiger partial charge is 0.366 e. The maximum atomic E-state index is 13.8. The molecule has 40 heavy (non-hydrogen) atoms. The molecule has 4 aromatic heterocycles. The van der Waals surface area contributed by atoms with Gasteiger partial charge in [-0.05, 0) is 44.1 Å². The molecule has 0 unspecified atom stereocenters. The Bertz CT molecular complexity index is 2000. The third-order valence-electron chi connectivity index (χ3n) is 7.19. The fraction of sp³-hybridized carbons (Fsp3) is 0.192. The van der Waals surface area contributed by atoms with Gasteiger partial charge in [0.25, 0.3) is 11.8 Å². The molecule has 0 saturated carbocycles. The zero-order chi connectivity index (χ0) is 28.2. The highest BCUT2D eigenvalue weighted by atomic mass is 19.1. The highest BCUT2D eigenvalue weighted by Crippen LogP contribution is 2.36. The van der Waals surface area contributed by atoms with Crippen LogP contribution in [0.3, 0.4) is 0 Å². The van der Waals surface area contributed by atoms with E-state index in [9.17, 15) is 23.6 Å². The number of hydrogen-bond donors (Lipinski definition) is 5. The highest BCUT2D eigenvalue weighted by molar-refractivity contribution is 6.06. The van der Waals surface area contributed by atoms with Crippen LogP contribution in [0.25, 0.3) is 33.4 Å². The van der Waals surface area contributed by atoms with Crippen LogP contribution < -0.4 is 16.8 Å². The number of para-hydroxylation sites is 1. The molecule has 1 aliphatic rings. The van der Waals surface area contributed by atoms with Crippen molar-refractivity contribution in [2.45, 2.75) is 18.3 Å². The first-order valence-corrected chi connectivity index (χ1v) is 12.3. The van der Waals surface area contributed by atoms with Crippen LogP contribution >= 0.6 is 0 Å². The van der Waals surface area contributed by atoms with Gasteiger partial charge in [0.15, 0.2) is 11.3 Å². The van der Waals surface area contributed by atoms with E-state index in [0.29, 0.717) is 51.8 Å². The number of piperidine rings is 1. The van der Waals surface area contributed by atoms with Gasteiger partial charge in [0.1, 0.15) is 16.9 Å². The van der Waals surface area contributed by atoms with Gasteiger partial charge in [0.05, 0.1) is 33.6 Å². The first kappa shape index (κ1) is 25.0. The number of H-pyrrole nitrogens is 2. The van der Waals surface area contributed by atoms with Crippen LogP contribution in [0.1, 0.15) is 39.1 Å². The molecule has 1 saturated heterocycles. The molecule has 2 amide bonds. The number of aromatic amines is 2. The van der Waals surface area contributed by atoms with Crippen molar-refractivity contribution in [3.05, 3.63) is 71.1 Å². The molecule has 14 heteroatoms. The Morgan fingerprint density at radius 2 is 1.70 bits per heavy atom. The summed E-state index contributed by atoms with van der Waals surface area (Å²) in [6.45, 7) is 1.48. The Morgan fingerprint density at radius 3 is 2.40 bits per heavy atom. The summed E-state index contributed by atoms with van der Waals surface area (Å²) in [6.07, 6.45) is 3.07. The van der Waals surface area contributed by atoms with Crippen LogP contribution in [0.2, 0.25) is 0 Å². The molecule has 12 nitrogen and oxygen atoms in total. The standard InChI is InChI=1S/C16H15FN6O.C10H7FN4O/c17-9-5-10(14(19)24)13-12(6-9)22-15-11(7-21-23(13)15)16(8-18)1-3-20-4-2-16;11-7-4-8-13-6-3-1-2-5(10(12)16)9(6)15(8)14-7/h5-7,20-21H,1-4H2,(H2,19,24);1-4,14H,(H2,12,16). The SMILES string of the molecule is N#CC1(c2c[nH]n3c2nc2cc(F)cc(C(N)=O)c23)CCNCC1.NC(=O)c1cccc2nc3cc(F)[nH]n3c12. The van der Waals surface area contributed by atoms with Crippen LogP contribution in [-0.4, -0.2) is 54.1 Å². The van der Waals surface area contributed by atoms with E-state index in [-0.39, 0.29) is 5.56 Å². The number of carbonyl (C=O) groups is 2. The molecule has 0 spiro atoms. The van der Waals surface area contributed by atoms with Gasteiger partial charge in [-0.1, -0.05) is 6.07 Å². The number of fused-ring (bicyclic) bond motifs is 6. The molecule has 7 rings (SSSR count). The van der Waals surface area contributed by atoms with Gasteiger partial charge in [-0.2, -0.15) is 9.65 Å². The molecule has 1 fully saturated rings. The van der Waals surface area contributed by atoms with E-state index in [4.69, 9.17) is 11.5 Å². The Balaban J connectivity index is 0.000000157. The molecular weight excluding hydrogens is 522 g/mol. The quantitative estimate of drug-likeness (QED) is 0.227. The number of primary amides is 2. The monoisotopic (exact) mass is 544 g/mol. The molecular formula is C26H22F2N10O2. The van der Waals surface area contributed by atoms with Crippen molar-refractivity contribution in [2.75, 3.05) is 13.1 Å². The number of halogens is 2. The van der Waals surface area contributed by atoms with Crippen LogP contribution in [0.5, 0.6) is 0 Å². The number of carbonyl (C=O) groups excluding carboxylic acids is 2. The van der Waals surface area contributed by atoms with E-state index in [2.05, 4.69) is 31.6 Å². The van der Waals surface area contributed by atoms with Crippen molar-refractivity contribution < 1.29 is 18.4 Å². The number of nitrogens with two attached hydrogens (primary N) is 2. The van der Waals surface area contributed by atoms with Gasteiger partial charge in [-0.15, -0.1) is 0 Å². The van der Waals surface area contributed by atoms with Crippen LogP contribution in [-0.2, 0) is 5.41 Å². The lowest BCUT2D eigenvalue weighted by molar-refractivity contribution is 0.0993. The zero-order valence-electron chi connectivity index (χ0n) is 20.8. The first-order chi connectivity index (χ1) is 19.2. The Kier molecular flexibility index (Phi) is 5.74. The molecule has 0 aliphatic carbocycles. The Morgan fingerprint density at radius 1 is 0.975 bits per heavy atom. The van der Waals surface area contributed by atoms with Gasteiger partial charge in [0.2, 0.25) is 5.95 Å². The number of benzene rings is 2. The fourth-order valence-corrected chi connectivity index (χ4v) is 5.32. The normalized spacial score (nSPS) is 14.8. The van der Waals surface area contributed by atoms with Gasteiger partial charge < -0.3 is 16.8 Å². The lowest BCUT2D eigenvalue weighted by Gasteiger charge is -2.30. The molecule has 5 heterocycles. The van der Waals surface area contributed by atoms with E-state index < -0.39 is 29.0 Å². The summed E-state index contributed by atoms with van der Waals surface area (Å²) in [5, 5.41) is 18.5. The minimum Gasteiger partial charge on any atom is -0.366 e. The minimum atomic E-state index is -0.727. The number of imidazole rings is 2. The van der Waals surface area contributed by atoms with Crippen LogP contribution in [0.15, 0.2) is 42.6 Å². The summed E-state index contributed by atoms with van der Waals surface area (Å²) in [4.78, 5) is 31.5. The van der Waals surface area contributed by atoms with Crippen molar-refractivity contribution in [2.24, 2.45) is 11.5 Å². The smallest absolute Gasteiger partial charge is 0.251 e.